The fraction of sp³-hybridized carbons (Fsp3) is 0.400. The SMILES string of the molecule is CC(C(O)CO[Si](c1ccccc1)(c1ccccc1)C(C)(C)C)N(Cc1ccccc1)C[C@@H](O)CCl. The van der Waals surface area contributed by atoms with Gasteiger partial charge in [0.05, 0.1) is 18.8 Å². The molecule has 0 heterocycles. The van der Waals surface area contributed by atoms with E-state index in [4.69, 9.17) is 16.0 Å². The highest BCUT2D eigenvalue weighted by atomic mass is 35.5. The standard InChI is InChI=1S/C30H40ClNO3Si/c1-24(32(22-26(33)20-31)21-25-14-8-5-9-15-25)29(34)23-35-36(30(2,3)4,27-16-10-6-11-17-27)28-18-12-7-13-19-28/h5-19,24,26,29,33-34H,20-23H2,1-4H3/t24?,26-,29?/m0/s1. The number of hydrogen-bond donors (Lipinski definition) is 2. The van der Waals surface area contributed by atoms with Crippen LogP contribution in [0.25, 0.3) is 0 Å². The number of alkyl halides is 1. The van der Waals surface area contributed by atoms with Gasteiger partial charge in [0, 0.05) is 25.0 Å². The van der Waals surface area contributed by atoms with Crippen molar-refractivity contribution in [2.75, 3.05) is 19.0 Å². The molecule has 2 N–H and O–H groups in total. The van der Waals surface area contributed by atoms with E-state index in [0.717, 1.165) is 5.56 Å². The number of halogens is 1. The first-order valence-corrected chi connectivity index (χ1v) is 15.1. The Balaban J connectivity index is 1.89. The molecule has 3 aromatic carbocycles. The van der Waals surface area contributed by atoms with Crippen molar-refractivity contribution in [2.24, 2.45) is 0 Å². The molecule has 0 aliphatic rings. The van der Waals surface area contributed by atoms with Crippen LogP contribution in [0.3, 0.4) is 0 Å². The summed E-state index contributed by atoms with van der Waals surface area (Å²) < 4.78 is 6.95. The Morgan fingerprint density at radius 3 is 1.75 bits per heavy atom. The van der Waals surface area contributed by atoms with Gasteiger partial charge in [0.2, 0.25) is 0 Å². The van der Waals surface area contributed by atoms with Crippen molar-refractivity contribution in [3.05, 3.63) is 96.6 Å². The van der Waals surface area contributed by atoms with Gasteiger partial charge in [-0.25, -0.2) is 0 Å². The fourth-order valence-electron chi connectivity index (χ4n) is 4.87. The predicted octanol–water partition coefficient (Wildman–Crippen LogP) is 4.41. The van der Waals surface area contributed by atoms with Crippen LogP contribution in [0.1, 0.15) is 33.3 Å². The average Bonchev–Trinajstić information content (AvgIpc) is 2.89. The largest absolute Gasteiger partial charge is 0.405 e. The zero-order valence-electron chi connectivity index (χ0n) is 21.8. The second-order valence-corrected chi connectivity index (χ2v) is 15.1. The number of benzene rings is 3. The Hall–Kier alpha value is -1.99. The summed E-state index contributed by atoms with van der Waals surface area (Å²) in [5, 5.41) is 23.9. The van der Waals surface area contributed by atoms with Gasteiger partial charge in [-0.3, -0.25) is 4.90 Å². The number of rotatable bonds is 12. The maximum absolute atomic E-state index is 11.4. The third-order valence-corrected chi connectivity index (χ3v) is 12.2. The zero-order chi connectivity index (χ0) is 26.2. The highest BCUT2D eigenvalue weighted by molar-refractivity contribution is 6.99. The van der Waals surface area contributed by atoms with E-state index in [1.807, 2.05) is 37.3 Å². The molecule has 3 atom stereocenters. The summed E-state index contributed by atoms with van der Waals surface area (Å²) in [6, 6.07) is 30.7. The lowest BCUT2D eigenvalue weighted by atomic mass is 10.1. The minimum Gasteiger partial charge on any atom is -0.405 e. The molecule has 0 radical (unpaired) electrons. The highest BCUT2D eigenvalue weighted by Crippen LogP contribution is 2.37. The summed E-state index contributed by atoms with van der Waals surface area (Å²) >= 11 is 5.93. The fourth-order valence-corrected chi connectivity index (χ4v) is 9.54. The lowest BCUT2D eigenvalue weighted by molar-refractivity contribution is 0.00342. The molecular weight excluding hydrogens is 486 g/mol. The smallest absolute Gasteiger partial charge is 0.261 e. The molecule has 0 amide bonds. The molecule has 0 spiro atoms. The average molecular weight is 526 g/mol. The van der Waals surface area contributed by atoms with Crippen LogP contribution in [0.2, 0.25) is 5.04 Å². The van der Waals surface area contributed by atoms with E-state index < -0.39 is 20.5 Å². The summed E-state index contributed by atoms with van der Waals surface area (Å²) in [6.45, 7) is 9.84. The van der Waals surface area contributed by atoms with Crippen molar-refractivity contribution in [1.29, 1.82) is 0 Å². The quantitative estimate of drug-likeness (QED) is 0.271. The van der Waals surface area contributed by atoms with Gasteiger partial charge in [0.25, 0.3) is 8.32 Å². The molecule has 194 valence electrons. The summed E-state index contributed by atoms with van der Waals surface area (Å²) in [6.07, 6.45) is -1.43. The van der Waals surface area contributed by atoms with Crippen LogP contribution in [0.15, 0.2) is 91.0 Å². The van der Waals surface area contributed by atoms with Gasteiger partial charge in [-0.1, -0.05) is 112 Å². The maximum Gasteiger partial charge on any atom is 0.261 e. The Morgan fingerprint density at radius 2 is 1.31 bits per heavy atom. The van der Waals surface area contributed by atoms with Crippen molar-refractivity contribution < 1.29 is 14.6 Å². The number of nitrogens with zero attached hydrogens (tertiary/aromatic N) is 1. The first kappa shape index (κ1) is 28.6. The second kappa shape index (κ2) is 13.0. The molecule has 2 unspecified atom stereocenters. The predicted molar refractivity (Wildman–Crippen MR) is 153 cm³/mol. The van der Waals surface area contributed by atoms with E-state index in [1.54, 1.807) is 0 Å². The molecule has 0 bridgehead atoms. The van der Waals surface area contributed by atoms with Crippen LogP contribution in [-0.4, -0.2) is 60.7 Å². The van der Waals surface area contributed by atoms with Crippen molar-refractivity contribution in [3.63, 3.8) is 0 Å². The molecule has 3 rings (SSSR count). The molecule has 36 heavy (non-hydrogen) atoms. The monoisotopic (exact) mass is 525 g/mol. The molecule has 0 aliphatic carbocycles. The van der Waals surface area contributed by atoms with Crippen molar-refractivity contribution in [1.82, 2.24) is 4.90 Å². The van der Waals surface area contributed by atoms with Crippen molar-refractivity contribution in [3.8, 4) is 0 Å². The highest BCUT2D eigenvalue weighted by Gasteiger charge is 2.50. The van der Waals surface area contributed by atoms with Gasteiger partial charge in [-0.2, -0.15) is 0 Å². The lowest BCUT2D eigenvalue weighted by Gasteiger charge is -2.44. The van der Waals surface area contributed by atoms with E-state index in [0.29, 0.717) is 13.1 Å². The molecule has 0 aromatic heterocycles. The van der Waals surface area contributed by atoms with Crippen LogP contribution < -0.4 is 10.4 Å². The van der Waals surface area contributed by atoms with Gasteiger partial charge in [-0.05, 0) is 27.9 Å². The third-order valence-electron chi connectivity index (χ3n) is 6.87. The molecule has 0 saturated heterocycles. The number of hydrogen-bond acceptors (Lipinski definition) is 4. The van der Waals surface area contributed by atoms with Gasteiger partial charge < -0.3 is 14.6 Å². The molecule has 0 aliphatic heterocycles. The Kier molecular flexibility index (Phi) is 10.3. The second-order valence-electron chi connectivity index (χ2n) is 10.5. The van der Waals surface area contributed by atoms with Gasteiger partial charge in [-0.15, -0.1) is 11.6 Å². The van der Waals surface area contributed by atoms with E-state index in [-0.39, 0.29) is 23.6 Å². The van der Waals surface area contributed by atoms with E-state index in [1.165, 1.54) is 10.4 Å². The summed E-state index contributed by atoms with van der Waals surface area (Å²) in [4.78, 5) is 2.09. The molecule has 6 heteroatoms. The van der Waals surface area contributed by atoms with E-state index in [9.17, 15) is 10.2 Å². The maximum atomic E-state index is 11.4. The van der Waals surface area contributed by atoms with Gasteiger partial charge in [0.15, 0.2) is 0 Å². The van der Waals surface area contributed by atoms with Crippen molar-refractivity contribution >= 4 is 30.3 Å². The minimum atomic E-state index is -2.75. The Morgan fingerprint density at radius 1 is 0.833 bits per heavy atom. The van der Waals surface area contributed by atoms with Crippen LogP contribution in [0.4, 0.5) is 0 Å². The molecular formula is C30H40ClNO3Si. The normalized spacial score (nSPS) is 15.0. The first-order chi connectivity index (χ1) is 17.2. The summed E-state index contributed by atoms with van der Waals surface area (Å²) in [5.41, 5.74) is 1.12. The van der Waals surface area contributed by atoms with Gasteiger partial charge in [0.1, 0.15) is 0 Å². The first-order valence-electron chi connectivity index (χ1n) is 12.6. The lowest BCUT2D eigenvalue weighted by Crippen LogP contribution is -2.67. The number of aliphatic hydroxyl groups is 2. The summed E-state index contributed by atoms with van der Waals surface area (Å²) in [7, 11) is -2.75. The van der Waals surface area contributed by atoms with Crippen LogP contribution in [-0.2, 0) is 11.0 Å². The van der Waals surface area contributed by atoms with E-state index >= 15 is 0 Å². The molecule has 4 nitrogen and oxygen atoms in total. The Bertz CT molecular complexity index is 991. The topological polar surface area (TPSA) is 52.9 Å². The zero-order valence-corrected chi connectivity index (χ0v) is 23.6. The summed E-state index contributed by atoms with van der Waals surface area (Å²) in [5.74, 6) is 0.146. The third kappa shape index (κ3) is 6.85. The van der Waals surface area contributed by atoms with Gasteiger partial charge >= 0.3 is 0 Å². The molecule has 3 aromatic rings. The molecule has 0 saturated carbocycles. The van der Waals surface area contributed by atoms with Crippen LogP contribution in [0.5, 0.6) is 0 Å². The minimum absolute atomic E-state index is 0.146. The van der Waals surface area contributed by atoms with Crippen molar-refractivity contribution in [2.45, 2.75) is 57.5 Å². The number of aliphatic hydroxyl groups excluding tert-OH is 2. The van der Waals surface area contributed by atoms with E-state index in [2.05, 4.69) is 86.3 Å². The van der Waals surface area contributed by atoms with Crippen LogP contribution in [0, 0.1) is 0 Å². The van der Waals surface area contributed by atoms with Crippen LogP contribution >= 0.6 is 11.6 Å². The molecule has 0 fully saturated rings. The Labute approximate surface area is 222 Å².